The Morgan fingerprint density at radius 2 is 1.86 bits per heavy atom. The van der Waals surface area contributed by atoms with Crippen LogP contribution >= 0.6 is 0 Å². The zero-order chi connectivity index (χ0) is 16.5. The predicted octanol–water partition coefficient (Wildman–Crippen LogP) is 1.07. The molecular formula is C15H28N2O4S. The van der Waals surface area contributed by atoms with E-state index in [1.54, 1.807) is 11.9 Å². The first-order chi connectivity index (χ1) is 10.2. The summed E-state index contributed by atoms with van der Waals surface area (Å²) < 4.78 is 29.9. The Morgan fingerprint density at radius 1 is 1.27 bits per heavy atom. The molecule has 2 rings (SSSR count). The van der Waals surface area contributed by atoms with E-state index in [4.69, 9.17) is 4.74 Å². The van der Waals surface area contributed by atoms with Crippen molar-refractivity contribution in [2.75, 3.05) is 33.5 Å². The smallest absolute Gasteiger partial charge is 0.237 e. The summed E-state index contributed by atoms with van der Waals surface area (Å²) >= 11 is 0. The summed E-state index contributed by atoms with van der Waals surface area (Å²) in [5.74, 6) is -0.140. The molecule has 2 fully saturated rings. The molecule has 2 atom stereocenters. The predicted molar refractivity (Wildman–Crippen MR) is 85.0 cm³/mol. The molecule has 0 radical (unpaired) electrons. The molecule has 2 aliphatic rings. The molecule has 7 heteroatoms. The summed E-state index contributed by atoms with van der Waals surface area (Å²) in [6.45, 7) is 2.61. The van der Waals surface area contributed by atoms with Crippen molar-refractivity contribution in [1.82, 2.24) is 9.21 Å². The van der Waals surface area contributed by atoms with Crippen LogP contribution in [0.3, 0.4) is 0 Å². The zero-order valence-electron chi connectivity index (χ0n) is 14.0. The van der Waals surface area contributed by atoms with Crippen molar-refractivity contribution in [3.63, 3.8) is 0 Å². The summed E-state index contributed by atoms with van der Waals surface area (Å²) in [4.78, 5) is 14.2. The second-order valence-electron chi connectivity index (χ2n) is 6.66. The molecular weight excluding hydrogens is 304 g/mol. The molecule has 6 nitrogen and oxygen atoms in total. The van der Waals surface area contributed by atoms with E-state index in [1.165, 1.54) is 19.9 Å². The molecule has 0 saturated heterocycles. The Labute approximate surface area is 133 Å². The van der Waals surface area contributed by atoms with E-state index >= 15 is 0 Å². The third-order valence-electron chi connectivity index (χ3n) is 5.43. The van der Waals surface area contributed by atoms with Crippen LogP contribution in [0.5, 0.6) is 0 Å². The van der Waals surface area contributed by atoms with Crippen molar-refractivity contribution in [1.29, 1.82) is 0 Å². The van der Waals surface area contributed by atoms with Gasteiger partial charge in [-0.25, -0.2) is 8.42 Å². The lowest BCUT2D eigenvalue weighted by atomic mass is 9.60. The van der Waals surface area contributed by atoms with Gasteiger partial charge in [0.2, 0.25) is 15.9 Å². The van der Waals surface area contributed by atoms with Gasteiger partial charge >= 0.3 is 0 Å². The van der Waals surface area contributed by atoms with Crippen molar-refractivity contribution >= 4 is 15.9 Å². The fourth-order valence-corrected chi connectivity index (χ4v) is 4.33. The number of sulfonamides is 1. The quantitative estimate of drug-likeness (QED) is 0.730. The number of rotatable bonds is 6. The summed E-state index contributed by atoms with van der Waals surface area (Å²) in [6, 6.07) is 0.173. The maximum atomic E-state index is 12.4. The van der Waals surface area contributed by atoms with Crippen molar-refractivity contribution in [3.05, 3.63) is 0 Å². The van der Waals surface area contributed by atoms with E-state index in [-0.39, 0.29) is 30.0 Å². The lowest BCUT2D eigenvalue weighted by molar-refractivity contribution is -0.172. The van der Waals surface area contributed by atoms with E-state index in [2.05, 4.69) is 0 Å². The highest BCUT2D eigenvalue weighted by Crippen LogP contribution is 2.56. The molecule has 0 aromatic heterocycles. The molecule has 0 unspecified atom stereocenters. The molecule has 22 heavy (non-hydrogen) atoms. The molecule has 1 amide bonds. The minimum absolute atomic E-state index is 0.0874. The highest BCUT2D eigenvalue weighted by atomic mass is 32.2. The van der Waals surface area contributed by atoms with Crippen molar-refractivity contribution in [2.24, 2.45) is 5.41 Å². The number of nitrogens with zero attached hydrogens (tertiary/aromatic N) is 2. The first kappa shape index (κ1) is 17.7. The van der Waals surface area contributed by atoms with Crippen LogP contribution in [0.1, 0.15) is 39.0 Å². The average molecular weight is 332 g/mol. The first-order valence-electron chi connectivity index (χ1n) is 8.01. The maximum absolute atomic E-state index is 12.4. The lowest BCUT2D eigenvalue weighted by Gasteiger charge is -2.57. The summed E-state index contributed by atoms with van der Waals surface area (Å²) in [6.07, 6.45) is 6.79. The summed E-state index contributed by atoms with van der Waals surface area (Å²) in [5.41, 5.74) is 0.0874. The van der Waals surface area contributed by atoms with Gasteiger partial charge in [0.25, 0.3) is 0 Å². The van der Waals surface area contributed by atoms with Gasteiger partial charge in [0.05, 0.1) is 18.9 Å². The van der Waals surface area contributed by atoms with Crippen LogP contribution in [-0.4, -0.2) is 69.2 Å². The highest BCUT2D eigenvalue weighted by Gasteiger charge is 2.58. The largest absolute Gasteiger partial charge is 0.378 e. The summed E-state index contributed by atoms with van der Waals surface area (Å²) in [5, 5.41) is 0. The Hall–Kier alpha value is -0.660. The highest BCUT2D eigenvalue weighted by molar-refractivity contribution is 7.88. The number of hydrogen-bond donors (Lipinski definition) is 0. The fourth-order valence-electron chi connectivity index (χ4n) is 3.99. The number of ether oxygens (including phenoxy) is 1. The number of carbonyl (C=O) groups is 1. The molecule has 2 aliphatic carbocycles. The molecule has 2 saturated carbocycles. The van der Waals surface area contributed by atoms with Crippen LogP contribution in [0.4, 0.5) is 0 Å². The van der Waals surface area contributed by atoms with Gasteiger partial charge in [-0.05, 0) is 26.2 Å². The lowest BCUT2D eigenvalue weighted by Crippen LogP contribution is -2.64. The third-order valence-corrected chi connectivity index (χ3v) is 6.69. The normalized spacial score (nSPS) is 27.1. The van der Waals surface area contributed by atoms with Crippen LogP contribution < -0.4 is 0 Å². The van der Waals surface area contributed by atoms with Gasteiger partial charge in [-0.15, -0.1) is 0 Å². The molecule has 0 bridgehead atoms. The number of carbonyl (C=O) groups excluding carboxylic acids is 1. The van der Waals surface area contributed by atoms with Gasteiger partial charge < -0.3 is 9.64 Å². The Bertz CT molecular complexity index is 514. The minimum Gasteiger partial charge on any atom is -0.378 e. The average Bonchev–Trinajstić information content (AvgIpc) is 2.93. The van der Waals surface area contributed by atoms with Crippen LogP contribution in [0.15, 0.2) is 0 Å². The van der Waals surface area contributed by atoms with E-state index in [0.29, 0.717) is 6.61 Å². The van der Waals surface area contributed by atoms with Crippen LogP contribution in [0.25, 0.3) is 0 Å². The van der Waals surface area contributed by atoms with Gasteiger partial charge in [-0.3, -0.25) is 4.79 Å². The van der Waals surface area contributed by atoms with Crippen molar-refractivity contribution in [2.45, 2.75) is 51.2 Å². The fraction of sp³-hybridized carbons (Fsp3) is 0.933. The third kappa shape index (κ3) is 3.16. The first-order valence-corrected chi connectivity index (χ1v) is 9.86. The molecule has 0 aromatic carbocycles. The van der Waals surface area contributed by atoms with Crippen LogP contribution in [0.2, 0.25) is 0 Å². The monoisotopic (exact) mass is 332 g/mol. The minimum atomic E-state index is -3.33. The van der Waals surface area contributed by atoms with Gasteiger partial charge in [0, 0.05) is 32.2 Å². The standard InChI is InChI=1S/C15H28N2O4S/c1-5-21-13-10-12(15(13)8-6-7-9-15)17(3)14(18)11-16(2)22(4,19)20/h12-13H,5-11H2,1-4H3/t12-,13+/m0/s1. The van der Waals surface area contributed by atoms with E-state index in [0.717, 1.165) is 29.8 Å². The second-order valence-corrected chi connectivity index (χ2v) is 8.75. The molecule has 0 N–H and O–H groups in total. The Balaban J connectivity index is 2.03. The summed E-state index contributed by atoms with van der Waals surface area (Å²) in [7, 11) is -0.0940. The number of likely N-dealkylation sites (N-methyl/N-ethyl adjacent to an activating group) is 2. The molecule has 0 heterocycles. The van der Waals surface area contributed by atoms with Crippen molar-refractivity contribution < 1.29 is 17.9 Å². The number of hydrogen-bond acceptors (Lipinski definition) is 4. The van der Waals surface area contributed by atoms with Gasteiger partial charge in [-0.2, -0.15) is 4.31 Å². The molecule has 128 valence electrons. The molecule has 1 spiro atoms. The van der Waals surface area contributed by atoms with Crippen LogP contribution in [-0.2, 0) is 19.6 Å². The van der Waals surface area contributed by atoms with Gasteiger partial charge in [0.15, 0.2) is 0 Å². The molecule has 0 aromatic rings. The Morgan fingerprint density at radius 3 is 2.36 bits per heavy atom. The van der Waals surface area contributed by atoms with E-state index in [9.17, 15) is 13.2 Å². The van der Waals surface area contributed by atoms with Gasteiger partial charge in [0.1, 0.15) is 0 Å². The maximum Gasteiger partial charge on any atom is 0.237 e. The Kier molecular flexibility index (Phi) is 5.19. The number of amides is 1. The topological polar surface area (TPSA) is 66.9 Å². The second kappa shape index (κ2) is 6.45. The SMILES string of the molecule is CCO[C@@H]1C[C@H](N(C)C(=O)CN(C)S(C)(=O)=O)C12CCCC2. The zero-order valence-corrected chi connectivity index (χ0v) is 14.9. The van der Waals surface area contributed by atoms with Gasteiger partial charge in [-0.1, -0.05) is 12.8 Å². The van der Waals surface area contributed by atoms with Crippen LogP contribution in [0, 0.1) is 5.41 Å². The molecule has 0 aliphatic heterocycles. The van der Waals surface area contributed by atoms with E-state index < -0.39 is 10.0 Å². The van der Waals surface area contributed by atoms with Crippen molar-refractivity contribution in [3.8, 4) is 0 Å². The van der Waals surface area contributed by atoms with E-state index in [1.807, 2.05) is 6.92 Å².